The summed E-state index contributed by atoms with van der Waals surface area (Å²) in [6.07, 6.45) is 2.27. The summed E-state index contributed by atoms with van der Waals surface area (Å²) in [5.74, 6) is -0.676. The first kappa shape index (κ1) is 21.6. The van der Waals surface area contributed by atoms with Crippen LogP contribution in [-0.4, -0.2) is 34.8 Å². The summed E-state index contributed by atoms with van der Waals surface area (Å²) in [6, 6.07) is 19.9. The van der Waals surface area contributed by atoms with Gasteiger partial charge in [0.1, 0.15) is 12.4 Å². The van der Waals surface area contributed by atoms with Gasteiger partial charge in [-0.2, -0.15) is 0 Å². The Kier molecular flexibility index (Phi) is 6.52. The lowest BCUT2D eigenvalue weighted by Crippen LogP contribution is -2.33. The molecular formula is C26H23NO4S. The molecule has 0 aliphatic carbocycles. The zero-order valence-electron chi connectivity index (χ0n) is 17.4. The van der Waals surface area contributed by atoms with E-state index in [-0.39, 0.29) is 11.4 Å². The normalized spacial score (nSPS) is 15.8. The van der Waals surface area contributed by atoms with Crippen LogP contribution in [0.4, 0.5) is 0 Å². The first-order valence-corrected chi connectivity index (χ1v) is 11.2. The summed E-state index contributed by atoms with van der Waals surface area (Å²) in [5.41, 5.74) is 1.93. The van der Waals surface area contributed by atoms with Gasteiger partial charge >= 0.3 is 0 Å². The van der Waals surface area contributed by atoms with Gasteiger partial charge in [-0.05, 0) is 41.1 Å². The molecule has 0 spiro atoms. The number of carbonyl (C=O) groups excluding carboxylic acids is 2. The Hall–Kier alpha value is -3.64. The third kappa shape index (κ3) is 4.36. The number of thiophene rings is 1. The van der Waals surface area contributed by atoms with Crippen molar-refractivity contribution in [2.75, 3.05) is 13.2 Å². The molecule has 32 heavy (non-hydrogen) atoms. The molecule has 162 valence electrons. The van der Waals surface area contributed by atoms with Gasteiger partial charge in [-0.3, -0.25) is 9.59 Å². The number of benzene rings is 2. The van der Waals surface area contributed by atoms with Crippen molar-refractivity contribution in [2.24, 2.45) is 0 Å². The number of rotatable bonds is 9. The van der Waals surface area contributed by atoms with Crippen molar-refractivity contribution in [3.8, 4) is 5.75 Å². The van der Waals surface area contributed by atoms with Crippen LogP contribution in [0.15, 0.2) is 96.1 Å². The molecule has 2 heterocycles. The van der Waals surface area contributed by atoms with Crippen LogP contribution in [0.2, 0.25) is 0 Å². The molecule has 0 saturated heterocycles. The average molecular weight is 446 g/mol. The maximum Gasteiger partial charge on any atom is 0.290 e. The minimum Gasteiger partial charge on any atom is -0.503 e. The predicted molar refractivity (Wildman–Crippen MR) is 125 cm³/mol. The number of carbonyl (C=O) groups is 2. The molecule has 1 aliphatic rings. The molecule has 6 heteroatoms. The highest BCUT2D eigenvalue weighted by Gasteiger charge is 2.43. The molecule has 5 nitrogen and oxygen atoms in total. The fraction of sp³-hybridized carbons (Fsp3) is 0.154. The lowest BCUT2D eigenvalue weighted by Gasteiger charge is -2.27. The van der Waals surface area contributed by atoms with E-state index in [0.717, 1.165) is 11.1 Å². The smallest absolute Gasteiger partial charge is 0.290 e. The summed E-state index contributed by atoms with van der Waals surface area (Å²) in [7, 11) is 0. The van der Waals surface area contributed by atoms with Crippen LogP contribution < -0.4 is 4.74 Å². The van der Waals surface area contributed by atoms with E-state index in [1.165, 1.54) is 11.3 Å². The molecule has 3 aromatic rings. The summed E-state index contributed by atoms with van der Waals surface area (Å²) in [5, 5.41) is 12.5. The van der Waals surface area contributed by atoms with Gasteiger partial charge in [0.05, 0.1) is 16.5 Å². The Labute approximate surface area is 190 Å². The number of amides is 1. The van der Waals surface area contributed by atoms with E-state index in [0.29, 0.717) is 30.2 Å². The zero-order chi connectivity index (χ0) is 22.5. The van der Waals surface area contributed by atoms with Gasteiger partial charge < -0.3 is 14.7 Å². The molecular weight excluding hydrogens is 422 g/mol. The predicted octanol–water partition coefficient (Wildman–Crippen LogP) is 5.13. The van der Waals surface area contributed by atoms with Gasteiger partial charge in [0.2, 0.25) is 5.78 Å². The van der Waals surface area contributed by atoms with Gasteiger partial charge in [-0.1, -0.05) is 61.2 Å². The highest BCUT2D eigenvalue weighted by Crippen LogP contribution is 2.40. The van der Waals surface area contributed by atoms with E-state index in [1.54, 1.807) is 40.6 Å². The second-order valence-corrected chi connectivity index (χ2v) is 8.32. The van der Waals surface area contributed by atoms with Crippen LogP contribution in [0.1, 0.15) is 26.8 Å². The molecule has 0 saturated carbocycles. The molecule has 0 bridgehead atoms. The monoisotopic (exact) mass is 445 g/mol. The molecule has 1 aromatic heterocycles. The van der Waals surface area contributed by atoms with Gasteiger partial charge in [0.15, 0.2) is 5.76 Å². The molecule has 4 rings (SSSR count). The highest BCUT2D eigenvalue weighted by molar-refractivity contribution is 7.12. The Bertz CT molecular complexity index is 1130. The van der Waals surface area contributed by atoms with Crippen molar-refractivity contribution in [3.05, 3.63) is 112 Å². The quantitative estimate of drug-likeness (QED) is 0.366. The molecule has 1 N–H and O–H groups in total. The Balaban J connectivity index is 1.68. The first-order chi connectivity index (χ1) is 15.6. The lowest BCUT2D eigenvalue weighted by atomic mass is 9.95. The standard InChI is InChI=1S/C26H23NO4S/c1-2-16-31-20-12-10-19(11-13-20)23-22(24(28)21-9-6-17-32-21)25(29)26(30)27(23)15-14-18-7-4-3-5-8-18/h2-13,17,23,29H,1,14-16H2. The molecule has 1 aliphatic heterocycles. The van der Waals surface area contributed by atoms with E-state index in [1.807, 2.05) is 42.5 Å². The van der Waals surface area contributed by atoms with Crippen molar-refractivity contribution in [1.82, 2.24) is 4.90 Å². The van der Waals surface area contributed by atoms with Crippen molar-refractivity contribution < 1.29 is 19.4 Å². The number of hydrogen-bond donors (Lipinski definition) is 1. The number of aliphatic hydroxyl groups is 1. The number of ether oxygens (including phenoxy) is 1. The maximum atomic E-state index is 13.3. The SMILES string of the molecule is C=CCOc1ccc(C2C(C(=O)c3cccs3)=C(O)C(=O)N2CCc2ccccc2)cc1. The minimum atomic E-state index is -0.672. The van der Waals surface area contributed by atoms with E-state index >= 15 is 0 Å². The summed E-state index contributed by atoms with van der Waals surface area (Å²) in [6.45, 7) is 4.39. The molecule has 2 aromatic carbocycles. The summed E-state index contributed by atoms with van der Waals surface area (Å²) >= 11 is 1.29. The van der Waals surface area contributed by atoms with E-state index in [2.05, 4.69) is 6.58 Å². The third-order valence-corrected chi connectivity index (χ3v) is 6.21. The van der Waals surface area contributed by atoms with Crippen LogP contribution in [0, 0.1) is 0 Å². The Morgan fingerprint density at radius 1 is 1.09 bits per heavy atom. The van der Waals surface area contributed by atoms with E-state index < -0.39 is 17.7 Å². The third-order valence-electron chi connectivity index (χ3n) is 5.34. The second kappa shape index (κ2) is 9.66. The number of ketones is 1. The number of hydrogen-bond acceptors (Lipinski definition) is 5. The molecule has 1 amide bonds. The Morgan fingerprint density at radius 3 is 2.50 bits per heavy atom. The highest BCUT2D eigenvalue weighted by atomic mass is 32.1. The molecule has 1 atom stereocenters. The van der Waals surface area contributed by atoms with Crippen LogP contribution in [-0.2, 0) is 11.2 Å². The molecule has 1 unspecified atom stereocenters. The first-order valence-electron chi connectivity index (χ1n) is 10.3. The lowest BCUT2D eigenvalue weighted by molar-refractivity contribution is -0.129. The van der Waals surface area contributed by atoms with Crippen molar-refractivity contribution in [1.29, 1.82) is 0 Å². The van der Waals surface area contributed by atoms with E-state index in [4.69, 9.17) is 4.74 Å². The maximum absolute atomic E-state index is 13.3. The molecule has 0 fully saturated rings. The van der Waals surface area contributed by atoms with Crippen LogP contribution in [0.3, 0.4) is 0 Å². The summed E-state index contributed by atoms with van der Waals surface area (Å²) in [4.78, 5) is 28.3. The molecule has 0 radical (unpaired) electrons. The fourth-order valence-corrected chi connectivity index (χ4v) is 4.48. The van der Waals surface area contributed by atoms with Gasteiger partial charge in [0.25, 0.3) is 5.91 Å². The van der Waals surface area contributed by atoms with Gasteiger partial charge in [-0.25, -0.2) is 0 Å². The summed E-state index contributed by atoms with van der Waals surface area (Å²) < 4.78 is 5.56. The van der Waals surface area contributed by atoms with E-state index in [9.17, 15) is 14.7 Å². The van der Waals surface area contributed by atoms with Crippen molar-refractivity contribution in [3.63, 3.8) is 0 Å². The van der Waals surface area contributed by atoms with Crippen molar-refractivity contribution >= 4 is 23.0 Å². The number of nitrogens with zero attached hydrogens (tertiary/aromatic N) is 1. The second-order valence-electron chi connectivity index (χ2n) is 7.37. The van der Waals surface area contributed by atoms with Crippen LogP contribution in [0.25, 0.3) is 0 Å². The Morgan fingerprint density at radius 2 is 1.84 bits per heavy atom. The number of aliphatic hydroxyl groups excluding tert-OH is 1. The van der Waals surface area contributed by atoms with Crippen molar-refractivity contribution in [2.45, 2.75) is 12.5 Å². The van der Waals surface area contributed by atoms with Crippen LogP contribution >= 0.6 is 11.3 Å². The zero-order valence-corrected chi connectivity index (χ0v) is 18.3. The van der Waals surface area contributed by atoms with Crippen LogP contribution in [0.5, 0.6) is 5.75 Å². The minimum absolute atomic E-state index is 0.116. The largest absolute Gasteiger partial charge is 0.503 e. The number of Topliss-reactive ketones (excluding diaryl/α,β-unsaturated/α-hetero) is 1. The van der Waals surface area contributed by atoms with Gasteiger partial charge in [0, 0.05) is 6.54 Å². The fourth-order valence-electron chi connectivity index (χ4n) is 3.80. The topological polar surface area (TPSA) is 66.8 Å². The average Bonchev–Trinajstić information content (AvgIpc) is 3.45. The van der Waals surface area contributed by atoms with Gasteiger partial charge in [-0.15, -0.1) is 11.3 Å².